The van der Waals surface area contributed by atoms with Crippen LogP contribution in [0.3, 0.4) is 0 Å². The highest BCUT2D eigenvalue weighted by Crippen LogP contribution is 2.19. The first-order valence-electron chi connectivity index (χ1n) is 5.61. The van der Waals surface area contributed by atoms with Crippen LogP contribution in [0, 0.1) is 0 Å². The Labute approximate surface area is 102 Å². The van der Waals surface area contributed by atoms with Crippen molar-refractivity contribution in [3.05, 3.63) is 24.3 Å². The largest absolute Gasteiger partial charge is 0.384 e. The van der Waals surface area contributed by atoms with Crippen molar-refractivity contribution >= 4 is 15.7 Å². The molecule has 0 radical (unpaired) electrons. The number of para-hydroxylation sites is 1. The van der Waals surface area contributed by atoms with Crippen LogP contribution < -0.4 is 16.2 Å². The van der Waals surface area contributed by atoms with Crippen LogP contribution in [0.4, 0.5) is 5.69 Å². The lowest BCUT2D eigenvalue weighted by Crippen LogP contribution is -2.15. The second-order valence-electron chi connectivity index (χ2n) is 3.82. The third kappa shape index (κ3) is 4.72. The van der Waals surface area contributed by atoms with Gasteiger partial charge in [-0.3, -0.25) is 0 Å². The molecule has 0 saturated heterocycles. The van der Waals surface area contributed by atoms with Gasteiger partial charge in [0.15, 0.2) is 0 Å². The number of nitrogens with two attached hydrogens (primary N) is 2. The summed E-state index contributed by atoms with van der Waals surface area (Å²) < 4.78 is 22.6. The number of rotatable bonds is 7. The van der Waals surface area contributed by atoms with Gasteiger partial charge in [-0.2, -0.15) is 0 Å². The molecule has 0 aliphatic heterocycles. The number of anilines is 1. The molecule has 0 aromatic heterocycles. The van der Waals surface area contributed by atoms with Gasteiger partial charge in [-0.25, -0.2) is 13.6 Å². The normalized spacial score (nSPS) is 11.4. The van der Waals surface area contributed by atoms with Crippen molar-refractivity contribution in [1.82, 2.24) is 0 Å². The minimum Gasteiger partial charge on any atom is -0.384 e. The highest BCUT2D eigenvalue weighted by atomic mass is 32.2. The van der Waals surface area contributed by atoms with Crippen LogP contribution in [-0.4, -0.2) is 21.5 Å². The summed E-state index contributed by atoms with van der Waals surface area (Å²) in [7, 11) is -3.66. The molecule has 6 heteroatoms. The van der Waals surface area contributed by atoms with Crippen LogP contribution in [0.15, 0.2) is 29.2 Å². The molecule has 0 amide bonds. The third-order valence-electron chi connectivity index (χ3n) is 2.39. The van der Waals surface area contributed by atoms with Crippen LogP contribution in [0.5, 0.6) is 0 Å². The van der Waals surface area contributed by atoms with Gasteiger partial charge in [-0.05, 0) is 31.5 Å². The zero-order valence-electron chi connectivity index (χ0n) is 9.72. The highest BCUT2D eigenvalue weighted by Gasteiger charge is 2.12. The number of hydrogen-bond donors (Lipinski definition) is 3. The van der Waals surface area contributed by atoms with E-state index in [1.165, 1.54) is 6.07 Å². The average Bonchev–Trinajstić information content (AvgIpc) is 2.28. The van der Waals surface area contributed by atoms with Gasteiger partial charge in [0.1, 0.15) is 4.90 Å². The van der Waals surface area contributed by atoms with Crippen LogP contribution in [0.2, 0.25) is 0 Å². The molecule has 0 heterocycles. The number of primary sulfonamides is 1. The molecule has 0 spiro atoms. The Balaban J connectivity index is 2.59. The van der Waals surface area contributed by atoms with Crippen molar-refractivity contribution in [3.63, 3.8) is 0 Å². The molecule has 5 nitrogen and oxygen atoms in total. The van der Waals surface area contributed by atoms with E-state index < -0.39 is 10.0 Å². The Bertz CT molecular complexity index is 446. The molecule has 5 N–H and O–H groups in total. The van der Waals surface area contributed by atoms with E-state index >= 15 is 0 Å². The molecule has 0 fully saturated rings. The van der Waals surface area contributed by atoms with E-state index in [0.717, 1.165) is 19.3 Å². The van der Waals surface area contributed by atoms with Gasteiger partial charge >= 0.3 is 0 Å². The molecule has 0 aliphatic carbocycles. The van der Waals surface area contributed by atoms with Gasteiger partial charge in [0.2, 0.25) is 10.0 Å². The minimum absolute atomic E-state index is 0.138. The number of sulfonamides is 1. The zero-order chi connectivity index (χ0) is 12.7. The summed E-state index contributed by atoms with van der Waals surface area (Å²) in [5.41, 5.74) is 5.94. The molecule has 0 bridgehead atoms. The Hall–Kier alpha value is -1.11. The van der Waals surface area contributed by atoms with Crippen LogP contribution in [-0.2, 0) is 10.0 Å². The fourth-order valence-electron chi connectivity index (χ4n) is 1.53. The average molecular weight is 257 g/mol. The number of hydrogen-bond acceptors (Lipinski definition) is 4. The first kappa shape index (κ1) is 14.0. The second-order valence-corrected chi connectivity index (χ2v) is 5.35. The van der Waals surface area contributed by atoms with Crippen molar-refractivity contribution in [2.75, 3.05) is 18.4 Å². The molecule has 96 valence electrons. The number of unbranched alkanes of at least 4 members (excludes halogenated alkanes) is 2. The lowest BCUT2D eigenvalue weighted by Gasteiger charge is -2.10. The quantitative estimate of drug-likeness (QED) is 0.631. The summed E-state index contributed by atoms with van der Waals surface area (Å²) in [6.45, 7) is 1.40. The fourth-order valence-corrected chi connectivity index (χ4v) is 2.24. The first-order chi connectivity index (χ1) is 8.05. The fraction of sp³-hybridized carbons (Fsp3) is 0.455. The Morgan fingerprint density at radius 3 is 2.47 bits per heavy atom. The minimum atomic E-state index is -3.66. The smallest absolute Gasteiger partial charge is 0.240 e. The lowest BCUT2D eigenvalue weighted by atomic mass is 10.2. The maximum absolute atomic E-state index is 11.3. The Kier molecular flexibility index (Phi) is 5.40. The predicted octanol–water partition coefficient (Wildman–Crippen LogP) is 0.875. The van der Waals surface area contributed by atoms with Gasteiger partial charge in [0, 0.05) is 6.54 Å². The van der Waals surface area contributed by atoms with E-state index in [1.807, 2.05) is 0 Å². The van der Waals surface area contributed by atoms with Crippen LogP contribution in [0.25, 0.3) is 0 Å². The van der Waals surface area contributed by atoms with E-state index in [0.29, 0.717) is 18.8 Å². The monoisotopic (exact) mass is 257 g/mol. The summed E-state index contributed by atoms with van der Waals surface area (Å²) in [4.78, 5) is 0.138. The summed E-state index contributed by atoms with van der Waals surface area (Å²) in [6, 6.07) is 6.64. The molecule has 17 heavy (non-hydrogen) atoms. The molecule has 0 atom stereocenters. The van der Waals surface area contributed by atoms with E-state index in [1.54, 1.807) is 18.2 Å². The molecule has 1 rings (SSSR count). The van der Waals surface area contributed by atoms with Gasteiger partial charge in [0.25, 0.3) is 0 Å². The van der Waals surface area contributed by atoms with E-state index in [4.69, 9.17) is 10.9 Å². The molecular formula is C11H19N3O2S. The van der Waals surface area contributed by atoms with Crippen molar-refractivity contribution in [3.8, 4) is 0 Å². The standard InChI is InChI=1S/C11H19N3O2S/c12-8-4-1-5-9-14-10-6-2-3-7-11(10)17(13,15)16/h2-3,6-7,14H,1,4-5,8-9,12H2,(H2,13,15,16). The molecule has 1 aromatic carbocycles. The second kappa shape index (κ2) is 6.58. The topological polar surface area (TPSA) is 98.2 Å². The lowest BCUT2D eigenvalue weighted by molar-refractivity contribution is 0.598. The third-order valence-corrected chi connectivity index (χ3v) is 3.36. The van der Waals surface area contributed by atoms with Gasteiger partial charge in [0.05, 0.1) is 5.69 Å². The van der Waals surface area contributed by atoms with E-state index in [9.17, 15) is 8.42 Å². The molecular weight excluding hydrogens is 238 g/mol. The van der Waals surface area contributed by atoms with Crippen molar-refractivity contribution in [2.24, 2.45) is 10.9 Å². The summed E-state index contributed by atoms with van der Waals surface area (Å²) in [6.07, 6.45) is 2.97. The maximum Gasteiger partial charge on any atom is 0.240 e. The Morgan fingerprint density at radius 2 is 1.82 bits per heavy atom. The molecule has 1 aromatic rings. The number of benzene rings is 1. The molecule has 0 unspecified atom stereocenters. The Morgan fingerprint density at radius 1 is 1.12 bits per heavy atom. The van der Waals surface area contributed by atoms with Gasteiger partial charge in [-0.1, -0.05) is 18.6 Å². The summed E-state index contributed by atoms with van der Waals surface area (Å²) in [5.74, 6) is 0. The van der Waals surface area contributed by atoms with Crippen molar-refractivity contribution in [2.45, 2.75) is 24.2 Å². The number of nitrogens with one attached hydrogen (secondary N) is 1. The van der Waals surface area contributed by atoms with Crippen molar-refractivity contribution < 1.29 is 8.42 Å². The van der Waals surface area contributed by atoms with E-state index in [2.05, 4.69) is 5.32 Å². The molecule has 0 saturated carbocycles. The van der Waals surface area contributed by atoms with Crippen LogP contribution >= 0.6 is 0 Å². The predicted molar refractivity (Wildman–Crippen MR) is 69.2 cm³/mol. The van der Waals surface area contributed by atoms with Crippen molar-refractivity contribution in [1.29, 1.82) is 0 Å². The first-order valence-corrected chi connectivity index (χ1v) is 7.16. The molecule has 0 aliphatic rings. The summed E-state index contributed by atoms with van der Waals surface area (Å²) >= 11 is 0. The van der Waals surface area contributed by atoms with E-state index in [-0.39, 0.29) is 4.90 Å². The SMILES string of the molecule is NCCCCCNc1ccccc1S(N)(=O)=O. The highest BCUT2D eigenvalue weighted by molar-refractivity contribution is 7.89. The van der Waals surface area contributed by atoms with Gasteiger partial charge < -0.3 is 11.1 Å². The van der Waals surface area contributed by atoms with Gasteiger partial charge in [-0.15, -0.1) is 0 Å². The maximum atomic E-state index is 11.3. The summed E-state index contributed by atoms with van der Waals surface area (Å²) in [5, 5.41) is 8.20. The zero-order valence-corrected chi connectivity index (χ0v) is 10.5. The van der Waals surface area contributed by atoms with Crippen LogP contribution in [0.1, 0.15) is 19.3 Å².